The second-order valence-corrected chi connectivity index (χ2v) is 7.22. The van der Waals surface area contributed by atoms with Crippen molar-refractivity contribution in [1.82, 2.24) is 9.55 Å². The van der Waals surface area contributed by atoms with Crippen LogP contribution in [-0.4, -0.2) is 9.55 Å². The molecule has 1 aromatic heterocycles. The summed E-state index contributed by atoms with van der Waals surface area (Å²) in [6, 6.07) is 3.88. The van der Waals surface area contributed by atoms with E-state index in [1.165, 1.54) is 0 Å². The van der Waals surface area contributed by atoms with E-state index in [1.54, 1.807) is 10.8 Å². The molecule has 4 rings (SSSR count). The number of aromatic nitrogens is 2. The standard InChI is InChI=1S/C17H17Cl2N3O2/c1-9(10-2-3-10)22-6-15(19)21-16(17(22)23)20-14-5-12-8-24-7-11(12)4-13(14)18/h4-6,9-10H,2-3,7-8H2,1H3,(H,20,21)/t9-/m1/s1. The average molecular weight is 366 g/mol. The maximum Gasteiger partial charge on any atom is 0.294 e. The molecule has 1 aliphatic carbocycles. The molecule has 1 fully saturated rings. The SMILES string of the molecule is C[C@H](C1CC1)n1cc(Cl)nc(Nc2cc3c(cc2Cl)COC3)c1=O. The molecular formula is C17H17Cl2N3O2. The maximum atomic E-state index is 12.8. The summed E-state index contributed by atoms with van der Waals surface area (Å²) in [5.74, 6) is 0.727. The number of hydrogen-bond acceptors (Lipinski definition) is 4. The topological polar surface area (TPSA) is 56.1 Å². The van der Waals surface area contributed by atoms with E-state index < -0.39 is 0 Å². The third-order valence-electron chi connectivity index (χ3n) is 4.70. The van der Waals surface area contributed by atoms with Gasteiger partial charge in [-0.15, -0.1) is 0 Å². The first kappa shape index (κ1) is 15.9. The van der Waals surface area contributed by atoms with Gasteiger partial charge >= 0.3 is 0 Å². The number of hydrogen-bond donors (Lipinski definition) is 1. The lowest BCUT2D eigenvalue weighted by molar-refractivity contribution is 0.134. The number of ether oxygens (including phenoxy) is 1. The van der Waals surface area contributed by atoms with E-state index in [2.05, 4.69) is 10.3 Å². The van der Waals surface area contributed by atoms with Gasteiger partial charge in [-0.25, -0.2) is 4.98 Å². The highest BCUT2D eigenvalue weighted by molar-refractivity contribution is 6.33. The number of fused-ring (bicyclic) bond motifs is 1. The Balaban J connectivity index is 1.71. The predicted molar refractivity (Wildman–Crippen MR) is 94.2 cm³/mol. The maximum absolute atomic E-state index is 12.8. The van der Waals surface area contributed by atoms with Crippen molar-refractivity contribution < 1.29 is 4.74 Å². The predicted octanol–water partition coefficient (Wildman–Crippen LogP) is 4.29. The molecule has 2 aliphatic rings. The molecule has 1 saturated carbocycles. The summed E-state index contributed by atoms with van der Waals surface area (Å²) < 4.78 is 7.08. The summed E-state index contributed by atoms with van der Waals surface area (Å²) in [5.41, 5.74) is 2.59. The molecule has 126 valence electrons. The zero-order valence-corrected chi connectivity index (χ0v) is 14.7. The molecule has 2 aromatic rings. The van der Waals surface area contributed by atoms with Crippen molar-refractivity contribution in [3.63, 3.8) is 0 Å². The molecule has 0 saturated heterocycles. The van der Waals surface area contributed by atoms with E-state index in [9.17, 15) is 4.79 Å². The Kier molecular flexibility index (Phi) is 4.03. The van der Waals surface area contributed by atoms with Crippen LogP contribution < -0.4 is 10.9 Å². The molecule has 1 aliphatic heterocycles. The normalized spacial score (nSPS) is 17.6. The molecule has 5 nitrogen and oxygen atoms in total. The summed E-state index contributed by atoms with van der Waals surface area (Å²) in [6.45, 7) is 3.16. The van der Waals surface area contributed by atoms with Gasteiger partial charge in [-0.1, -0.05) is 23.2 Å². The summed E-state index contributed by atoms with van der Waals surface area (Å²) >= 11 is 12.5. The molecular weight excluding hydrogens is 349 g/mol. The van der Waals surface area contributed by atoms with Crippen LogP contribution in [0.5, 0.6) is 0 Å². The fourth-order valence-corrected chi connectivity index (χ4v) is 3.51. The van der Waals surface area contributed by atoms with Crippen LogP contribution in [0.3, 0.4) is 0 Å². The molecule has 1 N–H and O–H groups in total. The molecule has 24 heavy (non-hydrogen) atoms. The van der Waals surface area contributed by atoms with Gasteiger partial charge in [-0.3, -0.25) is 4.79 Å². The Labute approximate surface area is 149 Å². The van der Waals surface area contributed by atoms with Gasteiger partial charge < -0.3 is 14.6 Å². The molecule has 2 heterocycles. The van der Waals surface area contributed by atoms with Crippen molar-refractivity contribution in [3.8, 4) is 0 Å². The first-order chi connectivity index (χ1) is 11.5. The van der Waals surface area contributed by atoms with Gasteiger partial charge in [-0.05, 0) is 48.9 Å². The van der Waals surface area contributed by atoms with Crippen molar-refractivity contribution in [2.75, 3.05) is 5.32 Å². The van der Waals surface area contributed by atoms with E-state index in [1.807, 2.05) is 19.1 Å². The highest BCUT2D eigenvalue weighted by Gasteiger charge is 2.30. The Bertz CT molecular complexity index is 862. The minimum Gasteiger partial charge on any atom is -0.372 e. The van der Waals surface area contributed by atoms with Crippen LogP contribution in [0, 0.1) is 5.92 Å². The average Bonchev–Trinajstić information content (AvgIpc) is 3.30. The van der Waals surface area contributed by atoms with E-state index >= 15 is 0 Å². The van der Waals surface area contributed by atoms with Crippen molar-refractivity contribution in [2.24, 2.45) is 5.92 Å². The first-order valence-corrected chi connectivity index (χ1v) is 8.73. The second-order valence-electron chi connectivity index (χ2n) is 6.42. The van der Waals surface area contributed by atoms with Crippen LogP contribution in [0.4, 0.5) is 11.5 Å². The Morgan fingerprint density at radius 2 is 2.00 bits per heavy atom. The number of benzene rings is 1. The Morgan fingerprint density at radius 1 is 1.29 bits per heavy atom. The molecule has 0 radical (unpaired) electrons. The minimum atomic E-state index is -0.188. The Hall–Kier alpha value is -1.56. The summed E-state index contributed by atoms with van der Waals surface area (Å²) in [4.78, 5) is 16.9. The quantitative estimate of drug-likeness (QED) is 0.877. The second kappa shape index (κ2) is 6.06. The fourth-order valence-electron chi connectivity index (χ4n) is 3.09. The number of rotatable bonds is 4. The summed E-state index contributed by atoms with van der Waals surface area (Å²) in [6.07, 6.45) is 3.90. The molecule has 0 unspecified atom stereocenters. The molecule has 1 atom stereocenters. The van der Waals surface area contributed by atoms with Crippen LogP contribution in [0.2, 0.25) is 10.2 Å². The van der Waals surface area contributed by atoms with Gasteiger partial charge in [0.05, 0.1) is 23.9 Å². The van der Waals surface area contributed by atoms with Crippen LogP contribution in [0.15, 0.2) is 23.1 Å². The molecule has 7 heteroatoms. The van der Waals surface area contributed by atoms with Gasteiger partial charge in [-0.2, -0.15) is 0 Å². The lowest BCUT2D eigenvalue weighted by Gasteiger charge is -2.16. The van der Waals surface area contributed by atoms with Crippen molar-refractivity contribution >= 4 is 34.7 Å². The molecule has 0 amide bonds. The van der Waals surface area contributed by atoms with Crippen LogP contribution in [-0.2, 0) is 18.0 Å². The molecule has 0 bridgehead atoms. The number of anilines is 2. The third kappa shape index (κ3) is 2.92. The molecule has 0 spiro atoms. The number of nitrogens with one attached hydrogen (secondary N) is 1. The third-order valence-corrected chi connectivity index (χ3v) is 5.20. The van der Waals surface area contributed by atoms with Crippen LogP contribution in [0.25, 0.3) is 0 Å². The van der Waals surface area contributed by atoms with Gasteiger partial charge in [0.1, 0.15) is 5.15 Å². The van der Waals surface area contributed by atoms with E-state index in [0.29, 0.717) is 29.8 Å². The summed E-state index contributed by atoms with van der Waals surface area (Å²) in [7, 11) is 0. The fraction of sp³-hybridized carbons (Fsp3) is 0.412. The minimum absolute atomic E-state index is 0.113. The van der Waals surface area contributed by atoms with Gasteiger partial charge in [0.15, 0.2) is 5.82 Å². The van der Waals surface area contributed by atoms with Crippen LogP contribution in [0.1, 0.15) is 36.9 Å². The van der Waals surface area contributed by atoms with Gasteiger partial charge in [0, 0.05) is 12.2 Å². The lowest BCUT2D eigenvalue weighted by Crippen LogP contribution is -2.27. The highest BCUT2D eigenvalue weighted by atomic mass is 35.5. The van der Waals surface area contributed by atoms with Crippen molar-refractivity contribution in [1.29, 1.82) is 0 Å². The zero-order valence-electron chi connectivity index (χ0n) is 13.2. The Morgan fingerprint density at radius 3 is 2.71 bits per heavy atom. The van der Waals surface area contributed by atoms with Gasteiger partial charge in [0.25, 0.3) is 5.56 Å². The smallest absolute Gasteiger partial charge is 0.294 e. The summed E-state index contributed by atoms with van der Waals surface area (Å²) in [5, 5.41) is 3.86. The largest absolute Gasteiger partial charge is 0.372 e. The van der Waals surface area contributed by atoms with Gasteiger partial charge in [0.2, 0.25) is 0 Å². The van der Waals surface area contributed by atoms with E-state index in [4.69, 9.17) is 27.9 Å². The monoisotopic (exact) mass is 365 g/mol. The van der Waals surface area contributed by atoms with E-state index in [0.717, 1.165) is 24.0 Å². The zero-order chi connectivity index (χ0) is 16.8. The van der Waals surface area contributed by atoms with Crippen molar-refractivity contribution in [3.05, 3.63) is 50.0 Å². The first-order valence-electron chi connectivity index (χ1n) is 7.97. The number of halogens is 2. The van der Waals surface area contributed by atoms with Crippen molar-refractivity contribution in [2.45, 2.75) is 39.0 Å². The number of nitrogens with zero attached hydrogens (tertiary/aromatic N) is 2. The van der Waals surface area contributed by atoms with Crippen LogP contribution >= 0.6 is 23.2 Å². The lowest BCUT2D eigenvalue weighted by atomic mass is 10.1. The highest BCUT2D eigenvalue weighted by Crippen LogP contribution is 2.39. The van der Waals surface area contributed by atoms with E-state index in [-0.39, 0.29) is 22.6 Å². The molecule has 1 aromatic carbocycles.